The first-order valence-corrected chi connectivity index (χ1v) is 5.32. The van der Waals surface area contributed by atoms with Gasteiger partial charge in [-0.05, 0) is 12.0 Å². The molecule has 0 heterocycles. The van der Waals surface area contributed by atoms with Gasteiger partial charge >= 0.3 is 0 Å². The van der Waals surface area contributed by atoms with E-state index in [0.29, 0.717) is 6.61 Å². The second kappa shape index (κ2) is 8.53. The molecule has 0 saturated carbocycles. The van der Waals surface area contributed by atoms with Crippen LogP contribution in [0.5, 0.6) is 0 Å². The fraction of sp³-hybridized carbons (Fsp3) is 0.500. The van der Waals surface area contributed by atoms with Crippen LogP contribution in [0.4, 0.5) is 0 Å². The van der Waals surface area contributed by atoms with Gasteiger partial charge in [0.1, 0.15) is 0 Å². The number of nitrogens with two attached hydrogens (primary N) is 1. The summed E-state index contributed by atoms with van der Waals surface area (Å²) in [6.07, 6.45) is 0.372. The molecule has 3 nitrogen and oxygen atoms in total. The van der Waals surface area contributed by atoms with E-state index in [9.17, 15) is 5.11 Å². The van der Waals surface area contributed by atoms with Crippen LogP contribution in [-0.4, -0.2) is 24.4 Å². The monoisotopic (exact) mass is 245 g/mol. The minimum absolute atomic E-state index is 0. The lowest BCUT2D eigenvalue weighted by atomic mass is 10.1. The highest BCUT2D eigenvalue weighted by Crippen LogP contribution is 2.20. The summed E-state index contributed by atoms with van der Waals surface area (Å²) in [4.78, 5) is 0. The number of benzene rings is 1. The van der Waals surface area contributed by atoms with Gasteiger partial charge in [-0.15, -0.1) is 12.4 Å². The molecule has 3 N–H and O–H groups in total. The van der Waals surface area contributed by atoms with Crippen molar-refractivity contribution in [3.05, 3.63) is 35.9 Å². The highest BCUT2D eigenvalue weighted by Gasteiger charge is 2.11. The first-order chi connectivity index (χ1) is 7.27. The van der Waals surface area contributed by atoms with Gasteiger partial charge in [0.25, 0.3) is 0 Å². The van der Waals surface area contributed by atoms with Gasteiger partial charge in [0.15, 0.2) is 0 Å². The molecule has 1 rings (SSSR count). The molecular weight excluding hydrogens is 226 g/mol. The zero-order chi connectivity index (χ0) is 11.1. The third-order valence-corrected chi connectivity index (χ3v) is 2.30. The molecule has 0 aliphatic carbocycles. The van der Waals surface area contributed by atoms with E-state index in [2.05, 4.69) is 6.92 Å². The van der Waals surface area contributed by atoms with Gasteiger partial charge in [0, 0.05) is 6.54 Å². The highest BCUT2D eigenvalue weighted by molar-refractivity contribution is 5.85. The van der Waals surface area contributed by atoms with E-state index in [1.54, 1.807) is 0 Å². The van der Waals surface area contributed by atoms with Crippen molar-refractivity contribution >= 4 is 12.4 Å². The second-order valence-corrected chi connectivity index (χ2v) is 3.53. The summed E-state index contributed by atoms with van der Waals surface area (Å²) in [6.45, 7) is 2.60. The number of ether oxygens (including phenoxy) is 1. The lowest BCUT2D eigenvalue weighted by Crippen LogP contribution is -2.26. The van der Waals surface area contributed by atoms with Crippen molar-refractivity contribution in [2.45, 2.75) is 25.6 Å². The fourth-order valence-electron chi connectivity index (χ4n) is 1.41. The molecular formula is C12H20ClNO2. The Labute approximate surface area is 103 Å². The van der Waals surface area contributed by atoms with Crippen molar-refractivity contribution in [2.24, 2.45) is 5.73 Å². The van der Waals surface area contributed by atoms with E-state index in [4.69, 9.17) is 10.5 Å². The summed E-state index contributed by atoms with van der Waals surface area (Å²) in [5.74, 6) is 0. The van der Waals surface area contributed by atoms with Gasteiger partial charge in [-0.3, -0.25) is 0 Å². The van der Waals surface area contributed by atoms with Gasteiger partial charge in [0.2, 0.25) is 0 Å². The number of hydrogen-bond donors (Lipinski definition) is 2. The molecule has 0 spiro atoms. The van der Waals surface area contributed by atoms with Crippen LogP contribution in [0.25, 0.3) is 0 Å². The van der Waals surface area contributed by atoms with Crippen LogP contribution in [0.2, 0.25) is 0 Å². The molecule has 16 heavy (non-hydrogen) atoms. The lowest BCUT2D eigenvalue weighted by molar-refractivity contribution is -0.00863. The summed E-state index contributed by atoms with van der Waals surface area (Å²) < 4.78 is 5.60. The number of halogens is 1. The Bertz CT molecular complexity index is 269. The minimum atomic E-state index is -0.567. The number of aliphatic hydroxyl groups excluding tert-OH is 1. The summed E-state index contributed by atoms with van der Waals surface area (Å²) in [7, 11) is 0. The molecule has 0 aromatic heterocycles. The zero-order valence-electron chi connectivity index (χ0n) is 9.50. The second-order valence-electron chi connectivity index (χ2n) is 3.53. The van der Waals surface area contributed by atoms with Crippen LogP contribution >= 0.6 is 12.4 Å². The van der Waals surface area contributed by atoms with Crippen molar-refractivity contribution in [3.8, 4) is 0 Å². The molecule has 0 aliphatic rings. The Balaban J connectivity index is 0.00000225. The molecule has 4 heteroatoms. The van der Waals surface area contributed by atoms with Crippen LogP contribution in [0.3, 0.4) is 0 Å². The number of aliphatic hydroxyl groups is 1. The van der Waals surface area contributed by atoms with Gasteiger partial charge in [-0.1, -0.05) is 37.3 Å². The van der Waals surface area contributed by atoms with Crippen LogP contribution in [0, 0.1) is 0 Å². The van der Waals surface area contributed by atoms with Gasteiger partial charge in [0.05, 0.1) is 18.8 Å². The maximum atomic E-state index is 9.30. The molecule has 1 aromatic carbocycles. The molecule has 0 fully saturated rings. The fourth-order valence-corrected chi connectivity index (χ4v) is 1.41. The summed E-state index contributed by atoms with van der Waals surface area (Å²) in [5.41, 5.74) is 6.45. The Kier molecular flexibility index (Phi) is 8.21. The Morgan fingerprint density at radius 2 is 1.94 bits per heavy atom. The maximum Gasteiger partial charge on any atom is 0.0895 e. The highest BCUT2D eigenvalue weighted by atomic mass is 35.5. The predicted octanol–water partition coefficient (Wildman–Crippen LogP) is 1.90. The Hall–Kier alpha value is -0.610. The van der Waals surface area contributed by atoms with Crippen molar-refractivity contribution in [1.29, 1.82) is 0 Å². The van der Waals surface area contributed by atoms with E-state index >= 15 is 0 Å². The third kappa shape index (κ3) is 4.94. The topological polar surface area (TPSA) is 55.5 Å². The number of rotatable bonds is 6. The van der Waals surface area contributed by atoms with Gasteiger partial charge in [-0.2, -0.15) is 0 Å². The zero-order valence-corrected chi connectivity index (χ0v) is 10.3. The smallest absolute Gasteiger partial charge is 0.0895 e. The molecule has 0 saturated heterocycles. The predicted molar refractivity (Wildman–Crippen MR) is 67.7 cm³/mol. The minimum Gasteiger partial charge on any atom is -0.389 e. The van der Waals surface area contributed by atoms with E-state index in [-0.39, 0.29) is 25.1 Å². The molecule has 0 amide bonds. The Morgan fingerprint density at radius 3 is 2.44 bits per heavy atom. The van der Waals surface area contributed by atoms with E-state index in [0.717, 1.165) is 12.0 Å². The SMILES string of the molecule is CCC(OCC(O)CN)c1ccccc1.Cl. The van der Waals surface area contributed by atoms with Crippen molar-refractivity contribution in [1.82, 2.24) is 0 Å². The average molecular weight is 246 g/mol. The molecule has 0 bridgehead atoms. The maximum absolute atomic E-state index is 9.30. The quantitative estimate of drug-likeness (QED) is 0.805. The van der Waals surface area contributed by atoms with Crippen molar-refractivity contribution in [2.75, 3.05) is 13.2 Å². The standard InChI is InChI=1S/C12H19NO2.ClH/c1-2-12(15-9-11(14)8-13)10-6-4-3-5-7-10;/h3-7,11-12,14H,2,8-9,13H2,1H3;1H. The summed E-state index contributed by atoms with van der Waals surface area (Å²) in [5, 5.41) is 9.30. The van der Waals surface area contributed by atoms with Crippen LogP contribution in [-0.2, 0) is 4.74 Å². The van der Waals surface area contributed by atoms with Gasteiger partial charge < -0.3 is 15.6 Å². The average Bonchev–Trinajstić information content (AvgIpc) is 2.31. The van der Waals surface area contributed by atoms with Crippen molar-refractivity contribution < 1.29 is 9.84 Å². The normalized spacial score (nSPS) is 13.9. The molecule has 0 radical (unpaired) electrons. The number of hydrogen-bond acceptors (Lipinski definition) is 3. The van der Waals surface area contributed by atoms with E-state index in [1.807, 2.05) is 30.3 Å². The summed E-state index contributed by atoms with van der Waals surface area (Å²) >= 11 is 0. The van der Waals surface area contributed by atoms with Crippen molar-refractivity contribution in [3.63, 3.8) is 0 Å². The third-order valence-electron chi connectivity index (χ3n) is 2.30. The van der Waals surface area contributed by atoms with Crippen LogP contribution in [0.15, 0.2) is 30.3 Å². The van der Waals surface area contributed by atoms with Crippen LogP contribution < -0.4 is 5.73 Å². The lowest BCUT2D eigenvalue weighted by Gasteiger charge is -2.18. The molecule has 92 valence electrons. The molecule has 1 aromatic rings. The van der Waals surface area contributed by atoms with Crippen LogP contribution in [0.1, 0.15) is 25.0 Å². The first kappa shape index (κ1) is 15.4. The first-order valence-electron chi connectivity index (χ1n) is 5.32. The Morgan fingerprint density at radius 1 is 1.31 bits per heavy atom. The van der Waals surface area contributed by atoms with Gasteiger partial charge in [-0.25, -0.2) is 0 Å². The van der Waals surface area contributed by atoms with E-state index in [1.165, 1.54) is 0 Å². The van der Waals surface area contributed by atoms with E-state index < -0.39 is 6.10 Å². The molecule has 2 unspecified atom stereocenters. The molecule has 2 atom stereocenters. The summed E-state index contributed by atoms with van der Waals surface area (Å²) in [6, 6.07) is 10.0. The molecule has 0 aliphatic heterocycles. The largest absolute Gasteiger partial charge is 0.389 e.